The number of hydrogen-bond donors (Lipinski definition) is 0. The second kappa shape index (κ2) is 8.30. The van der Waals surface area contributed by atoms with E-state index in [1.54, 1.807) is 24.5 Å². The molecule has 1 aromatic rings. The van der Waals surface area contributed by atoms with Gasteiger partial charge in [-0.2, -0.15) is 0 Å². The largest absolute Gasteiger partial charge is 0.463 e. The SMILES string of the molecule is CCCOC(=O)C(OC(=O)CC(C)C)c1ccncc1. The fourth-order valence-corrected chi connectivity index (χ4v) is 1.58. The van der Waals surface area contributed by atoms with Gasteiger partial charge >= 0.3 is 11.9 Å². The second-order valence-corrected chi connectivity index (χ2v) is 4.92. The van der Waals surface area contributed by atoms with Crippen LogP contribution in [0.4, 0.5) is 0 Å². The first-order valence-electron chi connectivity index (χ1n) is 6.80. The Morgan fingerprint density at radius 1 is 1.25 bits per heavy atom. The summed E-state index contributed by atoms with van der Waals surface area (Å²) < 4.78 is 10.3. The minimum Gasteiger partial charge on any atom is -0.463 e. The van der Waals surface area contributed by atoms with Crippen LogP contribution in [0.1, 0.15) is 45.3 Å². The quantitative estimate of drug-likeness (QED) is 0.718. The number of hydrogen-bond acceptors (Lipinski definition) is 5. The summed E-state index contributed by atoms with van der Waals surface area (Å²) in [4.78, 5) is 27.7. The van der Waals surface area contributed by atoms with Gasteiger partial charge in [0.2, 0.25) is 6.10 Å². The van der Waals surface area contributed by atoms with Crippen LogP contribution in [0.2, 0.25) is 0 Å². The van der Waals surface area contributed by atoms with Crippen molar-refractivity contribution in [2.75, 3.05) is 6.61 Å². The molecule has 0 bridgehead atoms. The fraction of sp³-hybridized carbons (Fsp3) is 0.533. The smallest absolute Gasteiger partial charge is 0.352 e. The summed E-state index contributed by atoms with van der Waals surface area (Å²) >= 11 is 0. The molecule has 0 aromatic carbocycles. The van der Waals surface area contributed by atoms with Crippen LogP contribution in [-0.4, -0.2) is 23.5 Å². The Labute approximate surface area is 119 Å². The molecule has 20 heavy (non-hydrogen) atoms. The summed E-state index contributed by atoms with van der Waals surface area (Å²) in [6, 6.07) is 3.28. The third-order valence-electron chi connectivity index (χ3n) is 2.50. The Kier molecular flexibility index (Phi) is 6.70. The molecule has 0 N–H and O–H groups in total. The lowest BCUT2D eigenvalue weighted by Gasteiger charge is -2.17. The van der Waals surface area contributed by atoms with Gasteiger partial charge in [-0.1, -0.05) is 20.8 Å². The second-order valence-electron chi connectivity index (χ2n) is 4.92. The zero-order chi connectivity index (χ0) is 15.0. The zero-order valence-corrected chi connectivity index (χ0v) is 12.2. The maximum Gasteiger partial charge on any atom is 0.352 e. The molecule has 5 heteroatoms. The molecule has 110 valence electrons. The highest BCUT2D eigenvalue weighted by Gasteiger charge is 2.26. The van der Waals surface area contributed by atoms with E-state index in [2.05, 4.69) is 4.98 Å². The first-order chi connectivity index (χ1) is 9.54. The van der Waals surface area contributed by atoms with E-state index in [1.807, 2.05) is 20.8 Å². The summed E-state index contributed by atoms with van der Waals surface area (Å²) in [5.74, 6) is -0.780. The summed E-state index contributed by atoms with van der Waals surface area (Å²) in [7, 11) is 0. The molecule has 0 aliphatic rings. The van der Waals surface area contributed by atoms with E-state index >= 15 is 0 Å². The fourth-order valence-electron chi connectivity index (χ4n) is 1.58. The van der Waals surface area contributed by atoms with Gasteiger partial charge in [-0.05, 0) is 24.5 Å². The van der Waals surface area contributed by atoms with Gasteiger partial charge in [0.15, 0.2) is 0 Å². The molecule has 1 rings (SSSR count). The number of ether oxygens (including phenoxy) is 2. The molecule has 1 heterocycles. The Morgan fingerprint density at radius 2 is 1.90 bits per heavy atom. The average Bonchev–Trinajstić information content (AvgIpc) is 2.42. The van der Waals surface area contributed by atoms with Crippen molar-refractivity contribution in [2.45, 2.75) is 39.7 Å². The van der Waals surface area contributed by atoms with E-state index < -0.39 is 18.0 Å². The van der Waals surface area contributed by atoms with Crippen molar-refractivity contribution in [3.8, 4) is 0 Å². The minimum absolute atomic E-state index is 0.173. The van der Waals surface area contributed by atoms with Gasteiger partial charge in [0.05, 0.1) is 6.61 Å². The molecule has 5 nitrogen and oxygen atoms in total. The van der Waals surface area contributed by atoms with Crippen LogP contribution in [0.25, 0.3) is 0 Å². The van der Waals surface area contributed by atoms with Gasteiger partial charge in [-0.15, -0.1) is 0 Å². The van der Waals surface area contributed by atoms with Gasteiger partial charge in [0, 0.05) is 24.4 Å². The number of carbonyl (C=O) groups is 2. The Bertz CT molecular complexity index is 431. The number of aromatic nitrogens is 1. The number of rotatable bonds is 7. The van der Waals surface area contributed by atoms with Crippen molar-refractivity contribution in [1.29, 1.82) is 0 Å². The van der Waals surface area contributed by atoms with E-state index in [0.29, 0.717) is 12.2 Å². The lowest BCUT2D eigenvalue weighted by molar-refractivity contribution is -0.169. The molecule has 0 aliphatic heterocycles. The molecular weight excluding hydrogens is 258 g/mol. The van der Waals surface area contributed by atoms with E-state index in [1.165, 1.54) is 0 Å². The molecule has 0 aliphatic carbocycles. The minimum atomic E-state index is -1.02. The summed E-state index contributed by atoms with van der Waals surface area (Å²) in [5, 5.41) is 0. The molecule has 0 fully saturated rings. The van der Waals surface area contributed by atoms with Gasteiger partial charge in [0.25, 0.3) is 0 Å². The first-order valence-corrected chi connectivity index (χ1v) is 6.80. The average molecular weight is 279 g/mol. The van der Waals surface area contributed by atoms with Gasteiger partial charge in [0.1, 0.15) is 0 Å². The predicted molar refractivity (Wildman–Crippen MR) is 73.8 cm³/mol. The van der Waals surface area contributed by atoms with Gasteiger partial charge < -0.3 is 9.47 Å². The van der Waals surface area contributed by atoms with E-state index in [-0.39, 0.29) is 12.3 Å². The number of nitrogens with zero attached hydrogens (tertiary/aromatic N) is 1. The van der Waals surface area contributed by atoms with Crippen molar-refractivity contribution < 1.29 is 19.1 Å². The van der Waals surface area contributed by atoms with Crippen molar-refractivity contribution in [3.63, 3.8) is 0 Å². The molecule has 1 unspecified atom stereocenters. The third kappa shape index (κ3) is 5.38. The van der Waals surface area contributed by atoms with E-state index in [4.69, 9.17) is 9.47 Å². The monoisotopic (exact) mass is 279 g/mol. The highest BCUT2D eigenvalue weighted by Crippen LogP contribution is 2.20. The van der Waals surface area contributed by atoms with Crippen LogP contribution in [0.3, 0.4) is 0 Å². The van der Waals surface area contributed by atoms with Crippen LogP contribution < -0.4 is 0 Å². The molecule has 1 atom stereocenters. The van der Waals surface area contributed by atoms with Crippen molar-refractivity contribution in [1.82, 2.24) is 4.98 Å². The van der Waals surface area contributed by atoms with E-state index in [9.17, 15) is 9.59 Å². The lowest BCUT2D eigenvalue weighted by Crippen LogP contribution is -2.23. The van der Waals surface area contributed by atoms with Crippen LogP contribution in [-0.2, 0) is 19.1 Å². The summed E-state index contributed by atoms with van der Waals surface area (Å²) in [5.41, 5.74) is 0.568. The molecular formula is C15H21NO4. The number of pyridine rings is 1. The lowest BCUT2D eigenvalue weighted by atomic mass is 10.1. The maximum absolute atomic E-state index is 12.0. The third-order valence-corrected chi connectivity index (χ3v) is 2.50. The molecule has 0 amide bonds. The van der Waals surface area contributed by atoms with Crippen LogP contribution >= 0.6 is 0 Å². The standard InChI is InChI=1S/C15H21NO4/c1-4-9-19-15(18)14(12-5-7-16-8-6-12)20-13(17)10-11(2)3/h5-8,11,14H,4,9-10H2,1-3H3. The molecule has 1 aromatic heterocycles. The highest BCUT2D eigenvalue weighted by atomic mass is 16.6. The number of carbonyl (C=O) groups excluding carboxylic acids is 2. The van der Waals surface area contributed by atoms with Crippen molar-refractivity contribution in [2.24, 2.45) is 5.92 Å². The first kappa shape index (κ1) is 16.1. The highest BCUT2D eigenvalue weighted by molar-refractivity contribution is 5.80. The van der Waals surface area contributed by atoms with E-state index in [0.717, 1.165) is 6.42 Å². The topological polar surface area (TPSA) is 65.5 Å². The van der Waals surface area contributed by atoms with Crippen LogP contribution in [0, 0.1) is 5.92 Å². The normalized spacial score (nSPS) is 12.0. The summed E-state index contributed by atoms with van der Waals surface area (Å²) in [6.45, 7) is 6.04. The molecule has 0 spiro atoms. The van der Waals surface area contributed by atoms with Crippen LogP contribution in [0.5, 0.6) is 0 Å². The molecule has 0 radical (unpaired) electrons. The summed E-state index contributed by atoms with van der Waals surface area (Å²) in [6.07, 6.45) is 3.06. The van der Waals surface area contributed by atoms with Gasteiger partial charge in [-0.25, -0.2) is 4.79 Å². The Balaban J connectivity index is 2.79. The molecule has 0 saturated carbocycles. The van der Waals surface area contributed by atoms with Gasteiger partial charge in [-0.3, -0.25) is 9.78 Å². The maximum atomic E-state index is 12.0. The zero-order valence-electron chi connectivity index (χ0n) is 12.2. The van der Waals surface area contributed by atoms with Crippen molar-refractivity contribution >= 4 is 11.9 Å². The Hall–Kier alpha value is -1.91. The molecule has 0 saturated heterocycles. The number of esters is 2. The Morgan fingerprint density at radius 3 is 2.45 bits per heavy atom. The predicted octanol–water partition coefficient (Wildman–Crippen LogP) is 2.67. The van der Waals surface area contributed by atoms with Crippen LogP contribution in [0.15, 0.2) is 24.5 Å². The van der Waals surface area contributed by atoms with Crippen molar-refractivity contribution in [3.05, 3.63) is 30.1 Å².